The summed E-state index contributed by atoms with van der Waals surface area (Å²) >= 11 is 0. The van der Waals surface area contributed by atoms with Crippen LogP contribution in [0.5, 0.6) is 0 Å². The molecule has 2 atom stereocenters. The van der Waals surface area contributed by atoms with Crippen molar-refractivity contribution in [3.63, 3.8) is 0 Å². The number of rotatable bonds is 5. The minimum Gasteiger partial charge on any atom is -0.369 e. The van der Waals surface area contributed by atoms with Gasteiger partial charge in [-0.3, -0.25) is 9.89 Å². The lowest BCUT2D eigenvalue weighted by Gasteiger charge is -2.26. The van der Waals surface area contributed by atoms with Crippen LogP contribution in [0.4, 0.5) is 0 Å². The van der Waals surface area contributed by atoms with Gasteiger partial charge in [0.2, 0.25) is 0 Å². The number of nitrogens with one attached hydrogen (secondary N) is 1. The van der Waals surface area contributed by atoms with Gasteiger partial charge in [0.15, 0.2) is 5.69 Å². The number of aromatic nitrogens is 3. The first-order valence-electron chi connectivity index (χ1n) is 9.59. The molecule has 0 bridgehead atoms. The Morgan fingerprint density at radius 1 is 1.31 bits per heavy atom. The molecule has 2 fully saturated rings. The van der Waals surface area contributed by atoms with E-state index in [9.17, 15) is 4.79 Å². The molecule has 26 heavy (non-hydrogen) atoms. The minimum absolute atomic E-state index is 0.0118. The molecule has 138 valence electrons. The lowest BCUT2D eigenvalue weighted by molar-refractivity contribution is -0.00702. The van der Waals surface area contributed by atoms with Crippen molar-refractivity contribution in [2.24, 2.45) is 0 Å². The molecule has 0 radical (unpaired) electrons. The monoisotopic (exact) mass is 356 g/mol. The van der Waals surface area contributed by atoms with Gasteiger partial charge in [-0.1, -0.05) is 5.16 Å². The number of carbonyl (C=O) groups excluding carboxylic acids is 1. The molecule has 0 aromatic carbocycles. The lowest BCUT2D eigenvalue weighted by atomic mass is 9.99. The maximum Gasteiger partial charge on any atom is 0.275 e. The molecule has 2 aromatic heterocycles. The zero-order valence-electron chi connectivity index (χ0n) is 15.2. The Kier molecular flexibility index (Phi) is 3.67. The predicted molar refractivity (Wildman–Crippen MR) is 92.6 cm³/mol. The number of ether oxygens (including phenoxy) is 1. The number of aromatic amines is 1. The highest BCUT2D eigenvalue weighted by molar-refractivity contribution is 5.94. The average molecular weight is 356 g/mol. The van der Waals surface area contributed by atoms with Crippen LogP contribution >= 0.6 is 0 Å². The summed E-state index contributed by atoms with van der Waals surface area (Å²) in [6, 6.07) is 2.30. The van der Waals surface area contributed by atoms with Gasteiger partial charge in [-0.15, -0.1) is 0 Å². The first kappa shape index (κ1) is 16.1. The molecule has 2 aromatic rings. The fourth-order valence-electron chi connectivity index (χ4n) is 3.88. The zero-order chi connectivity index (χ0) is 17.8. The summed E-state index contributed by atoms with van der Waals surface area (Å²) < 4.78 is 11.3. The number of carbonyl (C=O) groups is 1. The van der Waals surface area contributed by atoms with E-state index >= 15 is 0 Å². The van der Waals surface area contributed by atoms with E-state index in [1.54, 1.807) is 0 Å². The second-order valence-corrected chi connectivity index (χ2v) is 7.92. The molecule has 1 aliphatic heterocycles. The van der Waals surface area contributed by atoms with Crippen molar-refractivity contribution >= 4 is 5.91 Å². The van der Waals surface area contributed by atoms with Gasteiger partial charge in [0, 0.05) is 30.0 Å². The van der Waals surface area contributed by atoms with Gasteiger partial charge in [0.05, 0.1) is 24.4 Å². The summed E-state index contributed by atoms with van der Waals surface area (Å²) in [6.07, 6.45) is 5.19. The van der Waals surface area contributed by atoms with E-state index in [0.29, 0.717) is 24.6 Å². The molecule has 2 aliphatic carbocycles. The van der Waals surface area contributed by atoms with Crippen molar-refractivity contribution in [3.05, 3.63) is 34.5 Å². The topological polar surface area (TPSA) is 84.3 Å². The summed E-state index contributed by atoms with van der Waals surface area (Å²) in [6.45, 7) is 4.52. The Morgan fingerprint density at radius 2 is 2.12 bits per heavy atom. The molecule has 0 spiro atoms. The highest BCUT2D eigenvalue weighted by Crippen LogP contribution is 2.40. The van der Waals surface area contributed by atoms with E-state index in [2.05, 4.69) is 15.4 Å². The summed E-state index contributed by atoms with van der Waals surface area (Å²) in [5.74, 6) is 1.48. The molecule has 7 nitrogen and oxygen atoms in total. The number of amides is 1. The zero-order valence-corrected chi connectivity index (χ0v) is 15.2. The average Bonchev–Trinajstić information content (AvgIpc) is 3.54. The summed E-state index contributed by atoms with van der Waals surface area (Å²) in [5.41, 5.74) is 3.31. The second kappa shape index (κ2) is 5.94. The van der Waals surface area contributed by atoms with Crippen LogP contribution in [0, 0.1) is 0 Å². The maximum absolute atomic E-state index is 13.3. The van der Waals surface area contributed by atoms with Crippen LogP contribution in [-0.2, 0) is 17.7 Å². The first-order valence-corrected chi connectivity index (χ1v) is 9.59. The van der Waals surface area contributed by atoms with Gasteiger partial charge >= 0.3 is 0 Å². The van der Waals surface area contributed by atoms with Crippen LogP contribution in [0.15, 0.2) is 10.6 Å². The van der Waals surface area contributed by atoms with Gasteiger partial charge in [0.25, 0.3) is 5.91 Å². The molecule has 3 aliphatic rings. The Labute approximate surface area is 152 Å². The van der Waals surface area contributed by atoms with Crippen LogP contribution < -0.4 is 0 Å². The Morgan fingerprint density at radius 3 is 2.85 bits per heavy atom. The maximum atomic E-state index is 13.3. The van der Waals surface area contributed by atoms with E-state index in [0.717, 1.165) is 35.6 Å². The van der Waals surface area contributed by atoms with Gasteiger partial charge < -0.3 is 14.2 Å². The third kappa shape index (κ3) is 2.84. The number of nitrogens with zero attached hydrogens (tertiary/aromatic N) is 3. The van der Waals surface area contributed by atoms with E-state index in [-0.39, 0.29) is 24.2 Å². The number of hydrogen-bond acceptors (Lipinski definition) is 5. The highest BCUT2D eigenvalue weighted by atomic mass is 16.5. The minimum atomic E-state index is -0.0613. The molecule has 1 amide bonds. The van der Waals surface area contributed by atoms with Crippen molar-refractivity contribution < 1.29 is 14.1 Å². The molecule has 7 heteroatoms. The normalized spacial score (nSPS) is 25.2. The molecular formula is C19H24N4O3. The van der Waals surface area contributed by atoms with Crippen molar-refractivity contribution in [3.8, 4) is 0 Å². The van der Waals surface area contributed by atoms with Crippen molar-refractivity contribution in [1.82, 2.24) is 20.3 Å². The summed E-state index contributed by atoms with van der Waals surface area (Å²) in [4.78, 5) is 15.2. The van der Waals surface area contributed by atoms with Gasteiger partial charge in [0.1, 0.15) is 11.5 Å². The van der Waals surface area contributed by atoms with Crippen molar-refractivity contribution in [1.29, 1.82) is 0 Å². The quantitative estimate of drug-likeness (QED) is 0.890. The van der Waals surface area contributed by atoms with Crippen LogP contribution in [0.1, 0.15) is 84.8 Å². The summed E-state index contributed by atoms with van der Waals surface area (Å²) in [7, 11) is 0. The largest absolute Gasteiger partial charge is 0.369 e. The molecule has 0 unspecified atom stereocenters. The van der Waals surface area contributed by atoms with Gasteiger partial charge in [-0.05, 0) is 39.5 Å². The fourth-order valence-corrected chi connectivity index (χ4v) is 3.88. The lowest BCUT2D eigenvalue weighted by Crippen LogP contribution is -2.34. The highest BCUT2D eigenvalue weighted by Gasteiger charge is 2.38. The van der Waals surface area contributed by atoms with Crippen LogP contribution in [0.2, 0.25) is 0 Å². The van der Waals surface area contributed by atoms with E-state index in [4.69, 9.17) is 9.26 Å². The third-order valence-corrected chi connectivity index (χ3v) is 5.57. The van der Waals surface area contributed by atoms with Crippen LogP contribution in [0.3, 0.4) is 0 Å². The smallest absolute Gasteiger partial charge is 0.275 e. The molecule has 1 N–H and O–H groups in total. The standard InChI is InChI=1S/C19H24N4O3/c1-10-7-15-17(11(2)25-10)20-21-18(15)19(24)23(14-5-6-14)9-13-8-16(26-22-13)12-3-4-12/h8,10-12,14H,3-7,9H2,1-2H3,(H,20,21)/t10-,11+/m1/s1. The van der Waals surface area contributed by atoms with Gasteiger partial charge in [-0.25, -0.2) is 0 Å². The van der Waals surface area contributed by atoms with E-state index < -0.39 is 0 Å². The van der Waals surface area contributed by atoms with E-state index in [1.807, 2.05) is 24.8 Å². The molecule has 3 heterocycles. The van der Waals surface area contributed by atoms with Crippen molar-refractivity contribution in [2.45, 2.75) is 76.7 Å². The van der Waals surface area contributed by atoms with Crippen molar-refractivity contribution in [2.75, 3.05) is 0 Å². The first-order chi connectivity index (χ1) is 12.6. The predicted octanol–water partition coefficient (Wildman–Crippen LogP) is 3.10. The molecule has 5 rings (SSSR count). The molecule has 2 saturated carbocycles. The Bertz CT molecular complexity index is 834. The fraction of sp³-hybridized carbons (Fsp3) is 0.632. The third-order valence-electron chi connectivity index (χ3n) is 5.57. The van der Waals surface area contributed by atoms with Crippen LogP contribution in [0.25, 0.3) is 0 Å². The van der Waals surface area contributed by atoms with Crippen LogP contribution in [-0.4, -0.2) is 38.3 Å². The summed E-state index contributed by atoms with van der Waals surface area (Å²) in [5, 5.41) is 11.6. The SMILES string of the molecule is C[C@@H]1Cc2c(C(=O)N(Cc3cc(C4CC4)on3)C3CC3)n[nH]c2[C@H](C)O1. The second-order valence-electron chi connectivity index (χ2n) is 7.92. The molecular weight excluding hydrogens is 332 g/mol. The Balaban J connectivity index is 1.40. The molecule has 0 saturated heterocycles. The van der Waals surface area contributed by atoms with E-state index in [1.165, 1.54) is 12.8 Å². The number of H-pyrrole nitrogens is 1. The van der Waals surface area contributed by atoms with Gasteiger partial charge in [-0.2, -0.15) is 5.10 Å². The number of hydrogen-bond donors (Lipinski definition) is 1. The Hall–Kier alpha value is -2.15. The number of fused-ring (bicyclic) bond motifs is 1.